The van der Waals surface area contributed by atoms with E-state index in [0.29, 0.717) is 18.6 Å². The maximum atomic E-state index is 12.4. The van der Waals surface area contributed by atoms with Gasteiger partial charge in [0.25, 0.3) is 0 Å². The molecule has 0 N–H and O–H groups in total. The number of rotatable bonds is 7. The Labute approximate surface area is 121 Å². The molecular weight excluding hydrogens is 251 g/mol. The van der Waals surface area contributed by atoms with Crippen molar-refractivity contribution in [1.82, 2.24) is 0 Å². The van der Waals surface area contributed by atoms with E-state index in [4.69, 9.17) is 17.3 Å². The Kier molecular flexibility index (Phi) is 4.66. The van der Waals surface area contributed by atoms with Crippen LogP contribution >= 0.6 is 0 Å². The second-order valence-electron chi connectivity index (χ2n) is 5.21. The standard InChI is InChI=1S/C16H19BO3/c1-3-4-5-8-16(17)10-12-9-13(20-11-19-2)6-7-14(12)15(16)18/h3,6-7,9H,1,4-5,8,10-11H2,2H3. The molecule has 0 heterocycles. The first-order valence-electron chi connectivity index (χ1n) is 6.80. The zero-order valence-electron chi connectivity index (χ0n) is 11.9. The number of Topliss-reactive ketones (excluding diaryl/α,β-unsaturated/α-hetero) is 1. The molecule has 0 spiro atoms. The molecule has 1 aliphatic carbocycles. The minimum absolute atomic E-state index is 0.0369. The number of fused-ring (bicyclic) bond motifs is 1. The van der Waals surface area contributed by atoms with Crippen LogP contribution in [-0.2, 0) is 11.2 Å². The Morgan fingerprint density at radius 1 is 1.50 bits per heavy atom. The van der Waals surface area contributed by atoms with Crippen LogP contribution < -0.4 is 4.74 Å². The van der Waals surface area contributed by atoms with Crippen molar-refractivity contribution < 1.29 is 14.3 Å². The fraction of sp³-hybridized carbons (Fsp3) is 0.438. The first-order chi connectivity index (χ1) is 9.60. The molecule has 0 bridgehead atoms. The van der Waals surface area contributed by atoms with E-state index < -0.39 is 5.31 Å². The molecule has 104 valence electrons. The molecule has 1 aliphatic rings. The van der Waals surface area contributed by atoms with Crippen LogP contribution in [0.2, 0.25) is 5.31 Å². The number of ketones is 1. The van der Waals surface area contributed by atoms with Crippen molar-refractivity contribution >= 4 is 13.6 Å². The molecule has 0 aliphatic heterocycles. The molecule has 0 saturated heterocycles. The Bertz CT molecular complexity index is 512. The van der Waals surface area contributed by atoms with Gasteiger partial charge in [0.2, 0.25) is 0 Å². The number of carbonyl (C=O) groups is 1. The largest absolute Gasteiger partial charge is 0.468 e. The van der Waals surface area contributed by atoms with Gasteiger partial charge in [-0.05, 0) is 54.8 Å². The summed E-state index contributed by atoms with van der Waals surface area (Å²) in [6, 6.07) is 5.46. The maximum Gasteiger partial charge on any atom is 0.188 e. The van der Waals surface area contributed by atoms with Gasteiger partial charge in [-0.2, -0.15) is 0 Å². The van der Waals surface area contributed by atoms with Crippen LogP contribution in [0.3, 0.4) is 0 Å². The van der Waals surface area contributed by atoms with Crippen LogP contribution in [0.25, 0.3) is 0 Å². The average Bonchev–Trinajstić information content (AvgIpc) is 2.68. The quantitative estimate of drug-likeness (QED) is 0.330. The molecule has 2 rings (SSSR count). The van der Waals surface area contributed by atoms with E-state index in [1.54, 1.807) is 19.2 Å². The molecule has 1 atom stereocenters. The van der Waals surface area contributed by atoms with Crippen LogP contribution in [0.4, 0.5) is 0 Å². The predicted octanol–water partition coefficient (Wildman–Crippen LogP) is 3.09. The van der Waals surface area contributed by atoms with Crippen LogP contribution in [0.15, 0.2) is 30.9 Å². The molecule has 0 saturated carbocycles. The predicted molar refractivity (Wildman–Crippen MR) is 79.5 cm³/mol. The van der Waals surface area contributed by atoms with Crippen molar-refractivity contribution in [3.05, 3.63) is 42.0 Å². The molecule has 1 aromatic carbocycles. The highest BCUT2D eigenvalue weighted by atomic mass is 16.7. The van der Waals surface area contributed by atoms with E-state index in [-0.39, 0.29) is 12.6 Å². The minimum atomic E-state index is -0.773. The van der Waals surface area contributed by atoms with Crippen LogP contribution in [0.5, 0.6) is 5.75 Å². The Balaban J connectivity index is 2.13. The lowest BCUT2D eigenvalue weighted by atomic mass is 9.63. The van der Waals surface area contributed by atoms with Crippen LogP contribution in [-0.4, -0.2) is 27.5 Å². The summed E-state index contributed by atoms with van der Waals surface area (Å²) in [6.07, 6.45) is 4.87. The highest BCUT2D eigenvalue weighted by molar-refractivity contribution is 6.34. The van der Waals surface area contributed by atoms with Gasteiger partial charge in [-0.1, -0.05) is 6.08 Å². The number of unbranched alkanes of at least 4 members (excludes halogenated alkanes) is 1. The Hall–Kier alpha value is -1.55. The van der Waals surface area contributed by atoms with Gasteiger partial charge in [-0.25, -0.2) is 0 Å². The molecule has 1 aromatic rings. The summed E-state index contributed by atoms with van der Waals surface area (Å²) in [7, 11) is 7.87. The third kappa shape index (κ3) is 2.96. The van der Waals surface area contributed by atoms with Crippen LogP contribution in [0.1, 0.15) is 35.2 Å². The maximum absolute atomic E-state index is 12.4. The SMILES string of the molecule is [B]C1(CCCC=C)Cc2cc(OCOC)ccc2C1=O. The van der Waals surface area contributed by atoms with Crippen molar-refractivity contribution in [1.29, 1.82) is 0 Å². The molecule has 4 heteroatoms. The number of carbonyl (C=O) groups excluding carboxylic acids is 1. The van der Waals surface area contributed by atoms with E-state index in [9.17, 15) is 4.79 Å². The van der Waals surface area contributed by atoms with Crippen molar-refractivity contribution in [3.63, 3.8) is 0 Å². The molecule has 20 heavy (non-hydrogen) atoms. The molecule has 0 amide bonds. The smallest absolute Gasteiger partial charge is 0.188 e. The third-order valence-corrected chi connectivity index (χ3v) is 3.65. The lowest BCUT2D eigenvalue weighted by Crippen LogP contribution is -2.20. The number of hydrogen-bond acceptors (Lipinski definition) is 3. The fourth-order valence-corrected chi connectivity index (χ4v) is 2.61. The number of allylic oxidation sites excluding steroid dienone is 1. The van der Waals surface area contributed by atoms with Gasteiger partial charge in [0.15, 0.2) is 12.6 Å². The normalized spacial score (nSPS) is 20.8. The molecule has 2 radical (unpaired) electrons. The zero-order valence-corrected chi connectivity index (χ0v) is 11.9. The first kappa shape index (κ1) is 14.9. The van der Waals surface area contributed by atoms with Gasteiger partial charge in [-0.15, -0.1) is 6.58 Å². The van der Waals surface area contributed by atoms with Crippen molar-refractivity contribution in [2.24, 2.45) is 0 Å². The van der Waals surface area contributed by atoms with Crippen molar-refractivity contribution in [2.45, 2.75) is 31.0 Å². The van der Waals surface area contributed by atoms with Gasteiger partial charge in [0.05, 0.1) is 7.85 Å². The van der Waals surface area contributed by atoms with Gasteiger partial charge in [0.1, 0.15) is 5.75 Å². The van der Waals surface area contributed by atoms with Crippen LogP contribution in [0, 0.1) is 0 Å². The summed E-state index contributed by atoms with van der Waals surface area (Å²) in [6.45, 7) is 3.89. The molecule has 0 aromatic heterocycles. The Morgan fingerprint density at radius 3 is 3.00 bits per heavy atom. The van der Waals surface area contributed by atoms with E-state index in [1.807, 2.05) is 12.1 Å². The molecule has 1 unspecified atom stereocenters. The summed E-state index contributed by atoms with van der Waals surface area (Å²) < 4.78 is 10.3. The minimum Gasteiger partial charge on any atom is -0.468 e. The van der Waals surface area contributed by atoms with E-state index in [2.05, 4.69) is 6.58 Å². The second-order valence-corrected chi connectivity index (χ2v) is 5.21. The van der Waals surface area contributed by atoms with Gasteiger partial charge in [0, 0.05) is 12.7 Å². The van der Waals surface area contributed by atoms with Crippen molar-refractivity contribution in [3.8, 4) is 5.75 Å². The summed E-state index contributed by atoms with van der Waals surface area (Å²) in [5.74, 6) is 0.739. The number of ether oxygens (including phenoxy) is 2. The number of hydrogen-bond donors (Lipinski definition) is 0. The topological polar surface area (TPSA) is 35.5 Å². The second kappa shape index (κ2) is 6.27. The lowest BCUT2D eigenvalue weighted by Gasteiger charge is -2.21. The van der Waals surface area contributed by atoms with E-state index in [0.717, 1.165) is 24.0 Å². The average molecular weight is 270 g/mol. The fourth-order valence-electron chi connectivity index (χ4n) is 2.61. The van der Waals surface area contributed by atoms with Crippen molar-refractivity contribution in [2.75, 3.05) is 13.9 Å². The Morgan fingerprint density at radius 2 is 2.30 bits per heavy atom. The zero-order chi connectivity index (χ0) is 14.6. The summed E-state index contributed by atoms with van der Waals surface area (Å²) >= 11 is 0. The van der Waals surface area contributed by atoms with Gasteiger partial charge >= 0.3 is 0 Å². The molecular formula is C16H19BO3. The highest BCUT2D eigenvalue weighted by Crippen LogP contribution is 2.45. The summed E-state index contributed by atoms with van der Waals surface area (Å²) in [5.41, 5.74) is 1.68. The first-order valence-corrected chi connectivity index (χ1v) is 6.80. The molecule has 3 nitrogen and oxygen atoms in total. The lowest BCUT2D eigenvalue weighted by molar-refractivity contribution is 0.0511. The van der Waals surface area contributed by atoms with E-state index in [1.165, 1.54) is 0 Å². The number of benzene rings is 1. The summed E-state index contributed by atoms with van der Waals surface area (Å²) in [5, 5.41) is -0.773. The molecule has 0 fully saturated rings. The number of methoxy groups -OCH3 is 1. The monoisotopic (exact) mass is 270 g/mol. The third-order valence-electron chi connectivity index (χ3n) is 3.65. The highest BCUT2D eigenvalue weighted by Gasteiger charge is 2.40. The van der Waals surface area contributed by atoms with E-state index >= 15 is 0 Å². The van der Waals surface area contributed by atoms with Gasteiger partial charge < -0.3 is 9.47 Å². The van der Waals surface area contributed by atoms with Gasteiger partial charge in [-0.3, -0.25) is 4.79 Å². The summed E-state index contributed by atoms with van der Waals surface area (Å²) in [4.78, 5) is 12.4.